The Morgan fingerprint density at radius 3 is 2.63 bits per heavy atom. The molecule has 0 saturated heterocycles. The zero-order valence-corrected chi connectivity index (χ0v) is 14.1. The third-order valence-corrected chi connectivity index (χ3v) is 4.91. The van der Waals surface area contributed by atoms with E-state index in [9.17, 15) is 0 Å². The molecule has 1 atom stereocenters. The molecule has 0 aliphatic carbocycles. The molecule has 0 bridgehead atoms. The van der Waals surface area contributed by atoms with Crippen LogP contribution in [0.25, 0.3) is 0 Å². The highest BCUT2D eigenvalue weighted by Crippen LogP contribution is 2.33. The summed E-state index contributed by atoms with van der Waals surface area (Å²) < 4.78 is 1.19. The lowest BCUT2D eigenvalue weighted by Crippen LogP contribution is -2.23. The van der Waals surface area contributed by atoms with Crippen molar-refractivity contribution in [2.45, 2.75) is 33.2 Å². The first kappa shape index (κ1) is 14.8. The Hall–Kier alpha value is -0.640. The summed E-state index contributed by atoms with van der Waals surface area (Å²) in [5.41, 5.74) is 4.06. The van der Waals surface area contributed by atoms with Crippen LogP contribution < -0.4 is 5.32 Å². The van der Waals surface area contributed by atoms with Crippen LogP contribution in [0, 0.1) is 13.8 Å². The number of nitrogens with one attached hydrogen (secondary N) is 1. The van der Waals surface area contributed by atoms with Crippen LogP contribution in [0.3, 0.4) is 0 Å². The average Bonchev–Trinajstić information content (AvgIpc) is 2.80. The molecule has 1 aromatic heterocycles. The molecule has 2 rings (SSSR count). The van der Waals surface area contributed by atoms with Crippen molar-refractivity contribution >= 4 is 27.3 Å². The summed E-state index contributed by atoms with van der Waals surface area (Å²) in [6, 6.07) is 11.3. The van der Waals surface area contributed by atoms with E-state index in [2.05, 4.69) is 72.3 Å². The van der Waals surface area contributed by atoms with Gasteiger partial charge in [-0.3, -0.25) is 0 Å². The molecule has 1 unspecified atom stereocenters. The van der Waals surface area contributed by atoms with Crippen LogP contribution in [0.4, 0.5) is 0 Å². The van der Waals surface area contributed by atoms with Gasteiger partial charge in [0.1, 0.15) is 0 Å². The molecule has 0 saturated carbocycles. The normalized spacial score (nSPS) is 12.6. The number of halogens is 1. The van der Waals surface area contributed by atoms with E-state index < -0.39 is 0 Å². The van der Waals surface area contributed by atoms with Gasteiger partial charge < -0.3 is 5.32 Å². The number of hydrogen-bond acceptors (Lipinski definition) is 2. The van der Waals surface area contributed by atoms with Crippen molar-refractivity contribution in [2.24, 2.45) is 0 Å². The second-order valence-electron chi connectivity index (χ2n) is 4.89. The monoisotopic (exact) mass is 337 g/mol. The smallest absolute Gasteiger partial charge is 0.0702 e. The molecule has 0 aliphatic rings. The summed E-state index contributed by atoms with van der Waals surface area (Å²) >= 11 is 5.37. The van der Waals surface area contributed by atoms with Crippen LogP contribution in [-0.2, 0) is 0 Å². The standard InChI is InChI=1S/C16H20BrNS/c1-4-9-18-16(14-7-8-15(17)19-14)13-10-11(2)5-6-12(13)3/h5-8,10,16,18H,4,9H2,1-3H3. The summed E-state index contributed by atoms with van der Waals surface area (Å²) in [5, 5.41) is 3.67. The molecule has 1 N–H and O–H groups in total. The van der Waals surface area contributed by atoms with Gasteiger partial charge in [0.25, 0.3) is 0 Å². The molecule has 0 fully saturated rings. The molecule has 0 aliphatic heterocycles. The van der Waals surface area contributed by atoms with Crippen LogP contribution in [0.15, 0.2) is 34.1 Å². The van der Waals surface area contributed by atoms with Gasteiger partial charge in [-0.05, 0) is 66.0 Å². The van der Waals surface area contributed by atoms with Gasteiger partial charge in [-0.1, -0.05) is 30.7 Å². The van der Waals surface area contributed by atoms with E-state index in [1.54, 1.807) is 0 Å². The molecule has 0 radical (unpaired) electrons. The molecule has 3 heteroatoms. The van der Waals surface area contributed by atoms with E-state index in [-0.39, 0.29) is 0 Å². The Kier molecular flexibility index (Phi) is 5.20. The largest absolute Gasteiger partial charge is 0.306 e. The molecule has 0 amide bonds. The summed E-state index contributed by atoms with van der Waals surface area (Å²) in [6.45, 7) is 7.59. The molecule has 1 nitrogen and oxygen atoms in total. The predicted molar refractivity (Wildman–Crippen MR) is 88.1 cm³/mol. The molecular formula is C16H20BrNS. The van der Waals surface area contributed by atoms with Crippen molar-refractivity contribution in [3.63, 3.8) is 0 Å². The molecule has 0 spiro atoms. The third-order valence-electron chi connectivity index (χ3n) is 3.22. The molecular weight excluding hydrogens is 318 g/mol. The second-order valence-corrected chi connectivity index (χ2v) is 7.38. The van der Waals surface area contributed by atoms with E-state index in [1.807, 2.05) is 11.3 Å². The lowest BCUT2D eigenvalue weighted by Gasteiger charge is -2.20. The Morgan fingerprint density at radius 2 is 2.00 bits per heavy atom. The molecule has 102 valence electrons. The zero-order chi connectivity index (χ0) is 13.8. The fourth-order valence-electron chi connectivity index (χ4n) is 2.21. The van der Waals surface area contributed by atoms with Gasteiger partial charge in [0.15, 0.2) is 0 Å². The summed E-state index contributed by atoms with van der Waals surface area (Å²) in [7, 11) is 0. The summed E-state index contributed by atoms with van der Waals surface area (Å²) in [4.78, 5) is 1.37. The van der Waals surface area contributed by atoms with E-state index >= 15 is 0 Å². The quantitative estimate of drug-likeness (QED) is 0.788. The maximum Gasteiger partial charge on any atom is 0.0702 e. The second kappa shape index (κ2) is 6.69. The van der Waals surface area contributed by atoms with Crippen molar-refractivity contribution in [3.05, 3.63) is 55.7 Å². The fraction of sp³-hybridized carbons (Fsp3) is 0.375. The summed E-state index contributed by atoms with van der Waals surface area (Å²) in [6.07, 6.45) is 1.15. The van der Waals surface area contributed by atoms with Gasteiger partial charge in [-0.2, -0.15) is 0 Å². The SMILES string of the molecule is CCCNC(c1ccc(Br)s1)c1cc(C)ccc1C. The van der Waals surface area contributed by atoms with Crippen LogP contribution in [-0.4, -0.2) is 6.54 Å². The lowest BCUT2D eigenvalue weighted by atomic mass is 9.97. The molecule has 19 heavy (non-hydrogen) atoms. The first-order valence-corrected chi connectivity index (χ1v) is 8.28. The third kappa shape index (κ3) is 3.68. The van der Waals surface area contributed by atoms with Crippen molar-refractivity contribution in [1.82, 2.24) is 5.32 Å². The highest BCUT2D eigenvalue weighted by atomic mass is 79.9. The average molecular weight is 338 g/mol. The number of rotatable bonds is 5. The lowest BCUT2D eigenvalue weighted by molar-refractivity contribution is 0.603. The van der Waals surface area contributed by atoms with Gasteiger partial charge >= 0.3 is 0 Å². The highest BCUT2D eigenvalue weighted by molar-refractivity contribution is 9.11. The minimum atomic E-state index is 0.302. The van der Waals surface area contributed by atoms with Crippen molar-refractivity contribution in [1.29, 1.82) is 0 Å². The van der Waals surface area contributed by atoms with Gasteiger partial charge in [0.2, 0.25) is 0 Å². The predicted octanol–water partition coefficient (Wildman–Crippen LogP) is 5.22. The van der Waals surface area contributed by atoms with Gasteiger partial charge in [-0.25, -0.2) is 0 Å². The van der Waals surface area contributed by atoms with Crippen molar-refractivity contribution in [2.75, 3.05) is 6.54 Å². The van der Waals surface area contributed by atoms with Crippen LogP contribution in [0.5, 0.6) is 0 Å². The number of thiophene rings is 1. The topological polar surface area (TPSA) is 12.0 Å². The van der Waals surface area contributed by atoms with E-state index in [0.29, 0.717) is 6.04 Å². The van der Waals surface area contributed by atoms with E-state index in [4.69, 9.17) is 0 Å². The van der Waals surface area contributed by atoms with Gasteiger partial charge in [0.05, 0.1) is 9.83 Å². The molecule has 1 heterocycles. The Morgan fingerprint density at radius 1 is 1.21 bits per heavy atom. The number of hydrogen-bond donors (Lipinski definition) is 1. The summed E-state index contributed by atoms with van der Waals surface area (Å²) in [5.74, 6) is 0. The minimum absolute atomic E-state index is 0.302. The Bertz CT molecular complexity index is 547. The van der Waals surface area contributed by atoms with Crippen molar-refractivity contribution < 1.29 is 0 Å². The maximum absolute atomic E-state index is 3.67. The first-order valence-electron chi connectivity index (χ1n) is 6.67. The van der Waals surface area contributed by atoms with Crippen LogP contribution in [0.2, 0.25) is 0 Å². The van der Waals surface area contributed by atoms with E-state index in [1.165, 1.54) is 25.4 Å². The highest BCUT2D eigenvalue weighted by Gasteiger charge is 2.17. The maximum atomic E-state index is 3.67. The number of aryl methyl sites for hydroxylation is 2. The zero-order valence-electron chi connectivity index (χ0n) is 11.7. The van der Waals surface area contributed by atoms with Gasteiger partial charge in [0, 0.05) is 4.88 Å². The van der Waals surface area contributed by atoms with Crippen molar-refractivity contribution in [3.8, 4) is 0 Å². The molecule has 1 aromatic carbocycles. The van der Waals surface area contributed by atoms with E-state index in [0.717, 1.165) is 13.0 Å². The number of benzene rings is 1. The Balaban J connectivity index is 2.39. The minimum Gasteiger partial charge on any atom is -0.306 e. The van der Waals surface area contributed by atoms with Crippen LogP contribution in [0.1, 0.15) is 41.0 Å². The Labute approximate surface area is 128 Å². The fourth-order valence-corrected chi connectivity index (χ4v) is 3.73. The molecule has 2 aromatic rings. The first-order chi connectivity index (χ1) is 9.11. The van der Waals surface area contributed by atoms with Crippen LogP contribution >= 0.6 is 27.3 Å². The van der Waals surface area contributed by atoms with Gasteiger partial charge in [-0.15, -0.1) is 11.3 Å².